The zero-order valence-corrected chi connectivity index (χ0v) is 24.6. The Labute approximate surface area is 247 Å². The number of hydrogen-bond donors (Lipinski definition) is 5. The van der Waals surface area contributed by atoms with Crippen molar-refractivity contribution in [2.24, 2.45) is 5.92 Å². The maximum atomic E-state index is 12.9. The highest BCUT2D eigenvalue weighted by Gasteiger charge is 2.21. The van der Waals surface area contributed by atoms with Gasteiger partial charge in [0.1, 0.15) is 17.3 Å². The number of carbonyl (C=O) groups is 4. The second-order valence-electron chi connectivity index (χ2n) is 10.6. The third kappa shape index (κ3) is 13.6. The smallest absolute Gasteiger partial charge is 0.223 e. The van der Waals surface area contributed by atoms with Crippen LogP contribution < -0.4 is 10.6 Å². The van der Waals surface area contributed by atoms with Gasteiger partial charge in [-0.1, -0.05) is 24.6 Å². The summed E-state index contributed by atoms with van der Waals surface area (Å²) >= 11 is 0. The fourth-order valence-electron chi connectivity index (χ4n) is 4.32. The lowest BCUT2D eigenvalue weighted by Crippen LogP contribution is -2.34. The van der Waals surface area contributed by atoms with Gasteiger partial charge >= 0.3 is 0 Å². The van der Waals surface area contributed by atoms with Crippen molar-refractivity contribution in [1.29, 1.82) is 0 Å². The average molecular weight is 585 g/mol. The standard InChI is InChI=1S/C32H44N2O8/c1-22-6-7-24(19-29(22)38)10-13-31(40)33-15-4-3-5-26(32(41)34-16-18-42-17-14-23(2)35)21-27(36)11-8-25-9-12-28(37)30(39)20-25/h6-7,9,12,19-20,26,37-39H,3-5,8,10-11,13-18,21H2,1-2H3,(H,33,40)(H,34,41). The monoisotopic (exact) mass is 584 g/mol. The van der Waals surface area contributed by atoms with Crippen LogP contribution >= 0.6 is 0 Å². The predicted molar refractivity (Wildman–Crippen MR) is 158 cm³/mol. The number of ether oxygens (including phenoxy) is 1. The van der Waals surface area contributed by atoms with Gasteiger partial charge in [0.25, 0.3) is 0 Å². The first-order valence-corrected chi connectivity index (χ1v) is 14.5. The summed E-state index contributed by atoms with van der Waals surface area (Å²) in [7, 11) is 0. The molecular formula is C32H44N2O8. The number of unbranched alkanes of at least 4 members (excludes halogenated alkanes) is 1. The Morgan fingerprint density at radius 2 is 1.48 bits per heavy atom. The van der Waals surface area contributed by atoms with Crippen molar-refractivity contribution in [2.75, 3.05) is 26.3 Å². The van der Waals surface area contributed by atoms with E-state index in [0.29, 0.717) is 63.7 Å². The van der Waals surface area contributed by atoms with Crippen LogP contribution in [0, 0.1) is 12.8 Å². The first-order chi connectivity index (χ1) is 20.0. The van der Waals surface area contributed by atoms with Gasteiger partial charge in [-0.25, -0.2) is 0 Å². The zero-order chi connectivity index (χ0) is 30.9. The molecule has 230 valence electrons. The highest BCUT2D eigenvalue weighted by molar-refractivity contribution is 5.87. The number of aromatic hydroxyl groups is 3. The molecule has 5 N–H and O–H groups in total. The third-order valence-electron chi connectivity index (χ3n) is 6.94. The molecule has 10 nitrogen and oxygen atoms in total. The minimum Gasteiger partial charge on any atom is -0.508 e. The maximum Gasteiger partial charge on any atom is 0.223 e. The summed E-state index contributed by atoms with van der Waals surface area (Å²) in [6.45, 7) is 4.57. The molecule has 0 aliphatic heterocycles. The molecule has 1 atom stereocenters. The highest BCUT2D eigenvalue weighted by atomic mass is 16.5. The van der Waals surface area contributed by atoms with E-state index in [1.165, 1.54) is 19.1 Å². The van der Waals surface area contributed by atoms with E-state index in [1.807, 2.05) is 19.1 Å². The van der Waals surface area contributed by atoms with Crippen LogP contribution in [0.25, 0.3) is 0 Å². The molecule has 0 fully saturated rings. The topological polar surface area (TPSA) is 162 Å². The molecule has 1 unspecified atom stereocenters. The molecule has 0 saturated heterocycles. The van der Waals surface area contributed by atoms with Crippen LogP contribution in [0.5, 0.6) is 17.2 Å². The van der Waals surface area contributed by atoms with E-state index in [2.05, 4.69) is 10.6 Å². The van der Waals surface area contributed by atoms with Gasteiger partial charge in [0, 0.05) is 44.7 Å². The van der Waals surface area contributed by atoms with Crippen LogP contribution in [0.1, 0.15) is 68.6 Å². The van der Waals surface area contributed by atoms with Gasteiger partial charge in [-0.2, -0.15) is 0 Å². The van der Waals surface area contributed by atoms with Crippen molar-refractivity contribution in [2.45, 2.75) is 71.6 Å². The van der Waals surface area contributed by atoms with Gasteiger partial charge in [-0.3, -0.25) is 19.2 Å². The number of ketones is 2. The number of aryl methyl sites for hydroxylation is 3. The number of benzene rings is 2. The van der Waals surface area contributed by atoms with Gasteiger partial charge in [-0.05, 0) is 74.4 Å². The van der Waals surface area contributed by atoms with E-state index in [0.717, 1.165) is 11.1 Å². The minimum absolute atomic E-state index is 0.0304. The highest BCUT2D eigenvalue weighted by Crippen LogP contribution is 2.26. The normalized spacial score (nSPS) is 11.6. The van der Waals surface area contributed by atoms with Crippen molar-refractivity contribution in [3.8, 4) is 17.2 Å². The summed E-state index contributed by atoms with van der Waals surface area (Å²) in [4.78, 5) is 48.9. The summed E-state index contributed by atoms with van der Waals surface area (Å²) in [5, 5.41) is 34.7. The van der Waals surface area contributed by atoms with Crippen molar-refractivity contribution in [3.05, 3.63) is 53.1 Å². The predicted octanol–water partition coefficient (Wildman–Crippen LogP) is 3.65. The van der Waals surface area contributed by atoms with E-state index in [9.17, 15) is 34.5 Å². The van der Waals surface area contributed by atoms with Crippen LogP contribution in [-0.2, 0) is 36.8 Å². The second-order valence-corrected chi connectivity index (χ2v) is 10.6. The van der Waals surface area contributed by atoms with Crippen molar-refractivity contribution in [1.82, 2.24) is 10.6 Å². The number of Topliss-reactive ketones (excluding diaryl/α,β-unsaturated/α-hetero) is 2. The molecule has 0 aliphatic rings. The van der Waals surface area contributed by atoms with Gasteiger partial charge in [0.05, 0.1) is 13.2 Å². The first-order valence-electron chi connectivity index (χ1n) is 14.5. The molecule has 0 saturated carbocycles. The zero-order valence-electron chi connectivity index (χ0n) is 24.6. The molecular weight excluding hydrogens is 540 g/mol. The van der Waals surface area contributed by atoms with E-state index in [-0.39, 0.29) is 66.6 Å². The van der Waals surface area contributed by atoms with Crippen LogP contribution in [-0.4, -0.2) is 65.0 Å². The number of rotatable bonds is 20. The average Bonchev–Trinajstić information content (AvgIpc) is 2.95. The molecule has 2 amide bonds. The summed E-state index contributed by atoms with van der Waals surface area (Å²) in [5.41, 5.74) is 2.38. The summed E-state index contributed by atoms with van der Waals surface area (Å²) in [6.07, 6.45) is 3.53. The Morgan fingerprint density at radius 1 is 0.786 bits per heavy atom. The summed E-state index contributed by atoms with van der Waals surface area (Å²) < 4.78 is 5.36. The number of phenolic OH excluding ortho intramolecular Hbond substituents is 3. The van der Waals surface area contributed by atoms with Gasteiger partial charge in [0.2, 0.25) is 11.8 Å². The first kappa shape index (κ1) is 34.3. The lowest BCUT2D eigenvalue weighted by atomic mass is 9.93. The van der Waals surface area contributed by atoms with E-state index < -0.39 is 5.92 Å². The molecule has 0 heterocycles. The Morgan fingerprint density at radius 3 is 2.17 bits per heavy atom. The van der Waals surface area contributed by atoms with Crippen LogP contribution in [0.4, 0.5) is 0 Å². The molecule has 2 aromatic rings. The van der Waals surface area contributed by atoms with Crippen molar-refractivity contribution >= 4 is 23.4 Å². The summed E-state index contributed by atoms with van der Waals surface area (Å²) in [5.74, 6) is -1.19. The van der Waals surface area contributed by atoms with Crippen molar-refractivity contribution in [3.63, 3.8) is 0 Å². The molecule has 2 aromatic carbocycles. The Kier molecular flexibility index (Phi) is 15.1. The Balaban J connectivity index is 1.78. The van der Waals surface area contributed by atoms with Crippen molar-refractivity contribution < 1.29 is 39.2 Å². The fraction of sp³-hybridized carbons (Fsp3) is 0.500. The van der Waals surface area contributed by atoms with Gasteiger partial charge < -0.3 is 30.7 Å². The Bertz CT molecular complexity index is 1200. The summed E-state index contributed by atoms with van der Waals surface area (Å²) in [6, 6.07) is 9.80. The molecule has 10 heteroatoms. The molecule has 0 aliphatic carbocycles. The number of nitrogens with one attached hydrogen (secondary N) is 2. The van der Waals surface area contributed by atoms with E-state index in [1.54, 1.807) is 12.1 Å². The SMILES string of the molecule is CC(=O)CCOCCNC(=O)C(CCCCNC(=O)CCc1ccc(C)c(O)c1)CC(=O)CCc1ccc(O)c(O)c1. The molecule has 0 radical (unpaired) electrons. The molecule has 42 heavy (non-hydrogen) atoms. The Hall–Kier alpha value is -3.92. The minimum atomic E-state index is -0.534. The lowest BCUT2D eigenvalue weighted by Gasteiger charge is -2.17. The number of carbonyl (C=O) groups excluding carboxylic acids is 4. The van der Waals surface area contributed by atoms with Crippen LogP contribution in [0.2, 0.25) is 0 Å². The fourth-order valence-corrected chi connectivity index (χ4v) is 4.32. The van der Waals surface area contributed by atoms with Gasteiger partial charge in [0.15, 0.2) is 11.5 Å². The maximum absolute atomic E-state index is 12.9. The largest absolute Gasteiger partial charge is 0.508 e. The number of amides is 2. The van der Waals surface area contributed by atoms with Gasteiger partial charge in [-0.15, -0.1) is 0 Å². The van der Waals surface area contributed by atoms with Crippen LogP contribution in [0.3, 0.4) is 0 Å². The van der Waals surface area contributed by atoms with Crippen LogP contribution in [0.15, 0.2) is 36.4 Å². The van der Waals surface area contributed by atoms with E-state index in [4.69, 9.17) is 4.74 Å². The lowest BCUT2D eigenvalue weighted by molar-refractivity contribution is -0.130. The second kappa shape index (κ2) is 18.5. The third-order valence-corrected chi connectivity index (χ3v) is 6.94. The van der Waals surface area contributed by atoms with E-state index >= 15 is 0 Å². The molecule has 0 bridgehead atoms. The quantitative estimate of drug-likeness (QED) is 0.116. The molecule has 0 spiro atoms. The number of phenols is 3. The molecule has 0 aromatic heterocycles. The molecule has 2 rings (SSSR count). The number of hydrogen-bond acceptors (Lipinski definition) is 8.